The molecular weight excluding hydrogens is 731 g/mol. The van der Waals surface area contributed by atoms with Gasteiger partial charge in [-0.25, -0.2) is 9.13 Å². The van der Waals surface area contributed by atoms with E-state index in [1.54, 1.807) is 0 Å². The fourth-order valence-electron chi connectivity index (χ4n) is 8.54. The van der Waals surface area contributed by atoms with Gasteiger partial charge in [0.25, 0.3) is 0 Å². The van der Waals surface area contributed by atoms with Gasteiger partial charge in [-0.15, -0.1) is 0 Å². The largest absolute Gasteiger partial charge is 0.303 e. The van der Waals surface area contributed by atoms with Gasteiger partial charge in [0, 0.05) is 38.1 Å². The first-order chi connectivity index (χ1) is 29.8. The van der Waals surface area contributed by atoms with Crippen LogP contribution in [-0.2, 0) is 13.1 Å². The number of unbranched alkanes of at least 4 members (excludes halogenated alkanes) is 25. The highest BCUT2D eigenvalue weighted by atomic mass is 15.1. The lowest BCUT2D eigenvalue weighted by Crippen LogP contribution is -2.36. The summed E-state index contributed by atoms with van der Waals surface area (Å²) in [5.41, 5.74) is 0. The van der Waals surface area contributed by atoms with Crippen LogP contribution in [0.4, 0.5) is 0 Å². The minimum atomic E-state index is 1.08. The van der Waals surface area contributed by atoms with E-state index in [4.69, 9.17) is 0 Å². The zero-order valence-corrected chi connectivity index (χ0v) is 40.0. The maximum absolute atomic E-state index is 4.21. The van der Waals surface area contributed by atoms with E-state index in [0.29, 0.717) is 0 Å². The molecule has 0 fully saturated rings. The molecule has 60 heavy (non-hydrogen) atoms. The van der Waals surface area contributed by atoms with Gasteiger partial charge in [0.05, 0.1) is 12.4 Å². The minimum Gasteiger partial charge on any atom is -0.303 e. The van der Waals surface area contributed by atoms with Gasteiger partial charge in [-0.3, -0.25) is 4.98 Å². The number of hydrogen-bond donors (Lipinski definition) is 0. The number of nitrogens with zero attached hydrogens (tertiary/aromatic N) is 5. The summed E-state index contributed by atoms with van der Waals surface area (Å²) in [5.74, 6) is 0. The Kier molecular flexibility index (Phi) is 38.8. The molecule has 0 unspecified atom stereocenters. The summed E-state index contributed by atoms with van der Waals surface area (Å²) < 4.78 is 4.64. The summed E-state index contributed by atoms with van der Waals surface area (Å²) in [7, 11) is 0. The molecule has 0 aliphatic heterocycles. The van der Waals surface area contributed by atoms with E-state index in [2.05, 4.69) is 105 Å². The second-order valence-electron chi connectivity index (χ2n) is 18.1. The molecule has 0 spiro atoms. The Bertz CT molecular complexity index is 1090. The van der Waals surface area contributed by atoms with E-state index in [-0.39, 0.29) is 0 Å². The molecule has 2 heterocycles. The molecule has 2 aromatic rings. The number of aromatic nitrogens is 3. The van der Waals surface area contributed by atoms with Gasteiger partial charge in [0.2, 0.25) is 0 Å². The molecule has 0 amide bonds. The Hall–Kier alpha value is -2.37. The molecule has 0 aliphatic rings. The predicted octanol–water partition coefficient (Wildman–Crippen LogP) is 14.6. The van der Waals surface area contributed by atoms with Gasteiger partial charge in [-0.05, 0) is 103 Å². The van der Waals surface area contributed by atoms with Crippen LogP contribution in [0.25, 0.3) is 0 Å². The van der Waals surface area contributed by atoms with Crippen molar-refractivity contribution in [1.82, 2.24) is 14.8 Å². The van der Waals surface area contributed by atoms with E-state index < -0.39 is 0 Å². The van der Waals surface area contributed by atoms with Crippen molar-refractivity contribution >= 4 is 0 Å². The van der Waals surface area contributed by atoms with E-state index in [1.165, 1.54) is 245 Å². The predicted molar refractivity (Wildman–Crippen MR) is 261 cm³/mol. The molecule has 5 nitrogen and oxygen atoms in total. The zero-order valence-electron chi connectivity index (χ0n) is 40.0. The van der Waals surface area contributed by atoms with Crippen LogP contribution in [0, 0.1) is 0 Å². The second-order valence-corrected chi connectivity index (χ2v) is 18.1. The normalized spacial score (nSPS) is 12.0. The third kappa shape index (κ3) is 35.2. The summed E-state index contributed by atoms with van der Waals surface area (Å²) >= 11 is 0. The molecule has 0 aliphatic carbocycles. The van der Waals surface area contributed by atoms with Crippen molar-refractivity contribution in [1.29, 1.82) is 0 Å². The zero-order chi connectivity index (χ0) is 42.5. The van der Waals surface area contributed by atoms with Crippen LogP contribution in [0.15, 0.2) is 79.7 Å². The highest BCUT2D eigenvalue weighted by molar-refractivity contribution is 4.84. The number of aryl methyl sites for hydroxylation is 2. The maximum atomic E-state index is 4.21. The molecule has 0 radical (unpaired) electrons. The van der Waals surface area contributed by atoms with E-state index >= 15 is 0 Å². The number of rotatable bonds is 45. The monoisotopic (exact) mass is 830 g/mol. The third-order valence-electron chi connectivity index (χ3n) is 12.4. The van der Waals surface area contributed by atoms with E-state index in [1.807, 2.05) is 12.4 Å². The van der Waals surface area contributed by atoms with Crippen molar-refractivity contribution < 1.29 is 9.13 Å². The number of pyridine rings is 1. The maximum Gasteiger partial charge on any atom is 0.187 e. The smallest absolute Gasteiger partial charge is 0.187 e. The summed E-state index contributed by atoms with van der Waals surface area (Å²) in [6.45, 7) is 14.2. The molecule has 0 aromatic carbocycles. The highest BCUT2D eigenvalue weighted by Crippen LogP contribution is 2.13. The molecule has 2 aromatic heterocycles. The van der Waals surface area contributed by atoms with Gasteiger partial charge in [-0.1, -0.05) is 160 Å². The van der Waals surface area contributed by atoms with Crippen LogP contribution in [0.1, 0.15) is 219 Å². The second kappa shape index (κ2) is 43.3. The number of allylic oxidation sites excluding steroid dienone is 4. The fourth-order valence-corrected chi connectivity index (χ4v) is 8.54. The molecule has 2 rings (SSSR count). The van der Waals surface area contributed by atoms with Crippen LogP contribution in [0.5, 0.6) is 0 Å². The standard InChI is InChI=1S/C55H99N5/c1-3-5-7-9-11-13-15-17-19-21-23-25-27-29-31-34-44-58(51-40-50-57-46-36-33-37-47-57)48-38-39-49-59(52-41-53-60-54-42-56-43-55-60)45-35-32-30-28-26-24-22-20-18-16-14-12-10-8-6-4-2/h17-20,33,36-37,42-43,46-47,54-55H,3-16,21-32,34-35,38-41,44-45,48-53H2,1-2H3/q+2/b19-17+,20-18+. The van der Waals surface area contributed by atoms with Crippen molar-refractivity contribution in [3.05, 3.63) is 79.7 Å². The number of hydrogen-bond acceptors (Lipinski definition) is 3. The third-order valence-corrected chi connectivity index (χ3v) is 12.4. The summed E-state index contributed by atoms with van der Waals surface area (Å²) in [6, 6.07) is 6.43. The van der Waals surface area contributed by atoms with Crippen LogP contribution in [0.2, 0.25) is 0 Å². The van der Waals surface area contributed by atoms with Gasteiger partial charge in [0.15, 0.2) is 24.8 Å². The summed E-state index contributed by atoms with van der Waals surface area (Å²) in [6.07, 6.45) is 65.9. The van der Waals surface area contributed by atoms with Crippen molar-refractivity contribution in [3.8, 4) is 0 Å². The Morgan fingerprint density at radius 1 is 0.333 bits per heavy atom. The molecule has 0 atom stereocenters. The Balaban J connectivity index is 1.65. The van der Waals surface area contributed by atoms with Gasteiger partial charge < -0.3 is 9.80 Å². The average molecular weight is 830 g/mol. The summed E-state index contributed by atoms with van der Waals surface area (Å²) in [4.78, 5) is 9.80. The topological polar surface area (TPSA) is 27.1 Å². The lowest BCUT2D eigenvalue weighted by Gasteiger charge is -2.24. The molecule has 342 valence electrons. The molecule has 0 N–H and O–H groups in total. The van der Waals surface area contributed by atoms with Crippen molar-refractivity contribution in [2.75, 3.05) is 39.3 Å². The first-order valence-electron chi connectivity index (χ1n) is 26.3. The molecule has 0 bridgehead atoms. The summed E-state index contributed by atoms with van der Waals surface area (Å²) in [5, 5.41) is 0. The SMILES string of the molecule is CCCCCCCC/C=C/CCCCCCCCN(CCCCN(CCCCCCCC/C=C/CCCCCCCC)CCC[n+]1ccncc1)CCC[n+]1ccccc1. The fraction of sp³-hybridized carbons (Fsp3) is 0.764. The van der Waals surface area contributed by atoms with Crippen LogP contribution >= 0.6 is 0 Å². The first kappa shape index (κ1) is 53.8. The van der Waals surface area contributed by atoms with E-state index in [0.717, 1.165) is 13.1 Å². The Labute approximate surface area is 373 Å². The molecular formula is C55H99N5+2. The Morgan fingerprint density at radius 2 is 0.633 bits per heavy atom. The van der Waals surface area contributed by atoms with Crippen LogP contribution in [-0.4, -0.2) is 54.1 Å². The van der Waals surface area contributed by atoms with E-state index in [9.17, 15) is 0 Å². The molecule has 0 saturated carbocycles. The molecule has 5 heteroatoms. The van der Waals surface area contributed by atoms with Crippen LogP contribution in [0.3, 0.4) is 0 Å². The van der Waals surface area contributed by atoms with Gasteiger partial charge in [-0.2, -0.15) is 0 Å². The first-order valence-corrected chi connectivity index (χ1v) is 26.3. The van der Waals surface area contributed by atoms with Crippen molar-refractivity contribution in [3.63, 3.8) is 0 Å². The molecule has 0 saturated heterocycles. The van der Waals surface area contributed by atoms with Crippen LogP contribution < -0.4 is 9.13 Å². The lowest BCUT2D eigenvalue weighted by molar-refractivity contribution is -0.697. The lowest BCUT2D eigenvalue weighted by atomic mass is 10.1. The average Bonchev–Trinajstić information content (AvgIpc) is 3.27. The van der Waals surface area contributed by atoms with Gasteiger partial charge >= 0.3 is 0 Å². The Morgan fingerprint density at radius 3 is 1.02 bits per heavy atom. The van der Waals surface area contributed by atoms with Crippen molar-refractivity contribution in [2.45, 2.75) is 232 Å². The van der Waals surface area contributed by atoms with Gasteiger partial charge in [0.1, 0.15) is 13.1 Å². The highest BCUT2D eigenvalue weighted by Gasteiger charge is 2.10. The minimum absolute atomic E-state index is 1.08. The quantitative estimate of drug-likeness (QED) is 0.0378. The van der Waals surface area contributed by atoms with Crippen molar-refractivity contribution in [2.24, 2.45) is 0 Å².